The number of hydrogen-bond acceptors (Lipinski definition) is 4. The van der Waals surface area contributed by atoms with Gasteiger partial charge in [0.05, 0.1) is 18.8 Å². The monoisotopic (exact) mass is 324 g/mol. The SMILES string of the molecule is COc1ccc(Br)cc1CC(NN)c1ccn(C)n1. The standard InChI is InChI=1S/C13H17BrN4O/c1-18-6-5-11(17-18)12(16-15)8-9-7-10(14)3-4-13(9)19-2/h3-7,12,16H,8,15H2,1-2H3. The quantitative estimate of drug-likeness (QED) is 0.651. The topological polar surface area (TPSA) is 65.1 Å². The van der Waals surface area contributed by atoms with Crippen LogP contribution in [0.15, 0.2) is 34.9 Å². The van der Waals surface area contributed by atoms with Crippen LogP contribution in [0.2, 0.25) is 0 Å². The normalized spacial score (nSPS) is 12.4. The smallest absolute Gasteiger partial charge is 0.122 e. The molecule has 2 aromatic rings. The lowest BCUT2D eigenvalue weighted by atomic mass is 10.0. The zero-order valence-corrected chi connectivity index (χ0v) is 12.5. The van der Waals surface area contributed by atoms with Crippen molar-refractivity contribution in [2.75, 3.05) is 7.11 Å². The molecule has 6 heteroatoms. The lowest BCUT2D eigenvalue weighted by Crippen LogP contribution is -2.30. The molecule has 0 bridgehead atoms. The van der Waals surface area contributed by atoms with Crippen LogP contribution in [0, 0.1) is 0 Å². The number of nitrogens with one attached hydrogen (secondary N) is 1. The highest BCUT2D eigenvalue weighted by Crippen LogP contribution is 2.27. The van der Waals surface area contributed by atoms with E-state index < -0.39 is 0 Å². The van der Waals surface area contributed by atoms with Gasteiger partial charge in [0, 0.05) is 17.7 Å². The molecule has 19 heavy (non-hydrogen) atoms. The van der Waals surface area contributed by atoms with Gasteiger partial charge in [-0.1, -0.05) is 15.9 Å². The summed E-state index contributed by atoms with van der Waals surface area (Å²) in [6.07, 6.45) is 2.61. The first-order chi connectivity index (χ1) is 9.13. The van der Waals surface area contributed by atoms with E-state index in [1.54, 1.807) is 11.8 Å². The Labute approximate surface area is 120 Å². The predicted molar refractivity (Wildman–Crippen MR) is 77.7 cm³/mol. The number of methoxy groups -OCH3 is 1. The minimum atomic E-state index is -0.0515. The first kappa shape index (κ1) is 14.0. The van der Waals surface area contributed by atoms with Gasteiger partial charge in [0.1, 0.15) is 5.75 Å². The number of hydrazine groups is 1. The molecule has 0 aliphatic heterocycles. The number of ether oxygens (including phenoxy) is 1. The number of hydrogen-bond donors (Lipinski definition) is 2. The van der Waals surface area contributed by atoms with E-state index in [0.29, 0.717) is 6.42 Å². The third kappa shape index (κ3) is 3.34. The molecule has 2 rings (SSSR count). The summed E-state index contributed by atoms with van der Waals surface area (Å²) in [4.78, 5) is 0. The van der Waals surface area contributed by atoms with Crippen molar-refractivity contribution in [2.45, 2.75) is 12.5 Å². The highest BCUT2D eigenvalue weighted by Gasteiger charge is 2.16. The molecule has 1 heterocycles. The maximum atomic E-state index is 5.64. The number of rotatable bonds is 5. The number of aryl methyl sites for hydroxylation is 1. The number of benzene rings is 1. The summed E-state index contributed by atoms with van der Waals surface area (Å²) >= 11 is 3.47. The van der Waals surface area contributed by atoms with E-state index in [4.69, 9.17) is 10.6 Å². The molecule has 1 aromatic carbocycles. The maximum absolute atomic E-state index is 5.64. The molecule has 1 unspecified atom stereocenters. The van der Waals surface area contributed by atoms with E-state index in [2.05, 4.69) is 26.5 Å². The fraction of sp³-hybridized carbons (Fsp3) is 0.308. The van der Waals surface area contributed by atoms with Crippen molar-refractivity contribution in [1.29, 1.82) is 0 Å². The average Bonchev–Trinajstić information content (AvgIpc) is 2.82. The molecule has 1 aromatic heterocycles. The van der Waals surface area contributed by atoms with Gasteiger partial charge >= 0.3 is 0 Å². The van der Waals surface area contributed by atoms with Crippen LogP contribution in [-0.4, -0.2) is 16.9 Å². The molecule has 1 atom stereocenters. The second kappa shape index (κ2) is 6.18. The zero-order valence-electron chi connectivity index (χ0n) is 10.9. The summed E-state index contributed by atoms with van der Waals surface area (Å²) < 4.78 is 8.15. The molecule has 3 N–H and O–H groups in total. The fourth-order valence-electron chi connectivity index (χ4n) is 1.99. The Morgan fingerprint density at radius 3 is 2.84 bits per heavy atom. The molecule has 0 aliphatic rings. The Morgan fingerprint density at radius 2 is 2.26 bits per heavy atom. The average molecular weight is 325 g/mol. The lowest BCUT2D eigenvalue weighted by Gasteiger charge is -2.16. The molecule has 0 spiro atoms. The van der Waals surface area contributed by atoms with Crippen LogP contribution in [0.3, 0.4) is 0 Å². The van der Waals surface area contributed by atoms with Gasteiger partial charge in [0.25, 0.3) is 0 Å². The van der Waals surface area contributed by atoms with E-state index in [9.17, 15) is 0 Å². The summed E-state index contributed by atoms with van der Waals surface area (Å²) in [5.74, 6) is 6.49. The van der Waals surface area contributed by atoms with Gasteiger partial charge in [-0.3, -0.25) is 16.0 Å². The van der Waals surface area contributed by atoms with E-state index in [1.807, 2.05) is 37.5 Å². The molecule has 0 aliphatic carbocycles. The van der Waals surface area contributed by atoms with Crippen LogP contribution >= 0.6 is 15.9 Å². The van der Waals surface area contributed by atoms with Crippen molar-refractivity contribution in [1.82, 2.24) is 15.2 Å². The van der Waals surface area contributed by atoms with Crippen LogP contribution < -0.4 is 16.0 Å². The highest BCUT2D eigenvalue weighted by atomic mass is 79.9. The van der Waals surface area contributed by atoms with Crippen molar-refractivity contribution in [3.63, 3.8) is 0 Å². The Hall–Kier alpha value is -1.37. The van der Waals surface area contributed by atoms with Crippen molar-refractivity contribution in [3.05, 3.63) is 46.2 Å². The summed E-state index contributed by atoms with van der Waals surface area (Å²) in [6, 6.07) is 7.82. The molecule has 5 nitrogen and oxygen atoms in total. The van der Waals surface area contributed by atoms with Gasteiger partial charge < -0.3 is 4.74 Å². The Bertz CT molecular complexity index is 555. The summed E-state index contributed by atoms with van der Waals surface area (Å²) in [5, 5.41) is 4.38. The Kier molecular flexibility index (Phi) is 4.57. The molecule has 0 fully saturated rings. The molecule has 102 valence electrons. The van der Waals surface area contributed by atoms with Gasteiger partial charge in [-0.05, 0) is 36.2 Å². The first-order valence-electron chi connectivity index (χ1n) is 5.92. The molecular weight excluding hydrogens is 308 g/mol. The number of aromatic nitrogens is 2. The number of nitrogens with two attached hydrogens (primary N) is 1. The van der Waals surface area contributed by atoms with Crippen molar-refractivity contribution in [3.8, 4) is 5.75 Å². The maximum Gasteiger partial charge on any atom is 0.122 e. The van der Waals surface area contributed by atoms with Gasteiger partial charge in [0.15, 0.2) is 0 Å². The highest BCUT2D eigenvalue weighted by molar-refractivity contribution is 9.10. The third-order valence-electron chi connectivity index (χ3n) is 2.96. The first-order valence-corrected chi connectivity index (χ1v) is 6.71. The Morgan fingerprint density at radius 1 is 1.47 bits per heavy atom. The minimum Gasteiger partial charge on any atom is -0.496 e. The van der Waals surface area contributed by atoms with E-state index in [-0.39, 0.29) is 6.04 Å². The van der Waals surface area contributed by atoms with Crippen LogP contribution in [-0.2, 0) is 13.5 Å². The molecule has 0 amide bonds. The third-order valence-corrected chi connectivity index (χ3v) is 3.45. The zero-order chi connectivity index (χ0) is 13.8. The van der Waals surface area contributed by atoms with Gasteiger partial charge in [-0.15, -0.1) is 0 Å². The van der Waals surface area contributed by atoms with Gasteiger partial charge in [-0.2, -0.15) is 5.10 Å². The molecule has 0 saturated carbocycles. The van der Waals surface area contributed by atoms with Crippen molar-refractivity contribution >= 4 is 15.9 Å². The van der Waals surface area contributed by atoms with Crippen LogP contribution in [0.4, 0.5) is 0 Å². The fourth-order valence-corrected chi connectivity index (χ4v) is 2.40. The van der Waals surface area contributed by atoms with E-state index >= 15 is 0 Å². The molecule has 0 radical (unpaired) electrons. The number of nitrogens with zero attached hydrogens (tertiary/aromatic N) is 2. The second-order valence-electron chi connectivity index (χ2n) is 4.29. The van der Waals surface area contributed by atoms with Crippen molar-refractivity contribution in [2.24, 2.45) is 12.9 Å². The van der Waals surface area contributed by atoms with Crippen LogP contribution in [0.25, 0.3) is 0 Å². The van der Waals surface area contributed by atoms with Crippen LogP contribution in [0.1, 0.15) is 17.3 Å². The van der Waals surface area contributed by atoms with Crippen molar-refractivity contribution < 1.29 is 4.74 Å². The largest absolute Gasteiger partial charge is 0.496 e. The van der Waals surface area contributed by atoms with Gasteiger partial charge in [0.2, 0.25) is 0 Å². The summed E-state index contributed by atoms with van der Waals surface area (Å²) in [7, 11) is 3.55. The molecular formula is C13H17BrN4O. The Balaban J connectivity index is 2.25. The van der Waals surface area contributed by atoms with Gasteiger partial charge in [-0.25, -0.2) is 0 Å². The minimum absolute atomic E-state index is 0.0515. The molecule has 0 saturated heterocycles. The van der Waals surface area contributed by atoms with E-state index in [0.717, 1.165) is 21.5 Å². The summed E-state index contributed by atoms with van der Waals surface area (Å²) in [5.41, 5.74) is 4.79. The number of halogens is 1. The summed E-state index contributed by atoms with van der Waals surface area (Å²) in [6.45, 7) is 0. The van der Waals surface area contributed by atoms with E-state index in [1.165, 1.54) is 0 Å². The predicted octanol–water partition coefficient (Wildman–Crippen LogP) is 1.94. The second-order valence-corrected chi connectivity index (χ2v) is 5.21. The van der Waals surface area contributed by atoms with Crippen LogP contribution in [0.5, 0.6) is 5.75 Å². The lowest BCUT2D eigenvalue weighted by molar-refractivity contribution is 0.405.